The van der Waals surface area contributed by atoms with Crippen molar-refractivity contribution in [3.63, 3.8) is 0 Å². The standard InChI is InChI=1S/C12H24N2O4/c1-12(2,3)6-8(7-13)10(16)14-9(4-5-15)11(17)18/h8-9,15H,4-7,13H2,1-3H3,(H,14,16)(H,17,18)/t8?,9-/m0/s1. The fourth-order valence-electron chi connectivity index (χ4n) is 1.70. The molecule has 0 heterocycles. The van der Waals surface area contributed by atoms with E-state index >= 15 is 0 Å². The molecule has 5 N–H and O–H groups in total. The summed E-state index contributed by atoms with van der Waals surface area (Å²) in [5, 5.41) is 20.0. The average molecular weight is 260 g/mol. The molecule has 0 rings (SSSR count). The minimum absolute atomic E-state index is 0.00607. The number of carboxylic acids is 1. The summed E-state index contributed by atoms with van der Waals surface area (Å²) < 4.78 is 0. The van der Waals surface area contributed by atoms with E-state index in [4.69, 9.17) is 15.9 Å². The van der Waals surface area contributed by atoms with Crippen molar-refractivity contribution in [1.29, 1.82) is 0 Å². The lowest BCUT2D eigenvalue weighted by Gasteiger charge is -2.25. The van der Waals surface area contributed by atoms with Crippen LogP contribution in [0.25, 0.3) is 0 Å². The highest BCUT2D eigenvalue weighted by Crippen LogP contribution is 2.24. The zero-order valence-corrected chi connectivity index (χ0v) is 11.3. The molecule has 0 saturated heterocycles. The van der Waals surface area contributed by atoms with Crippen LogP contribution >= 0.6 is 0 Å². The SMILES string of the molecule is CC(C)(C)CC(CN)C(=O)N[C@@H](CCO)C(=O)O. The van der Waals surface area contributed by atoms with Crippen molar-refractivity contribution >= 4 is 11.9 Å². The number of rotatable bonds is 7. The smallest absolute Gasteiger partial charge is 0.326 e. The Morgan fingerprint density at radius 3 is 2.22 bits per heavy atom. The Morgan fingerprint density at radius 1 is 1.33 bits per heavy atom. The van der Waals surface area contributed by atoms with E-state index in [1.165, 1.54) is 0 Å². The molecule has 2 atom stereocenters. The van der Waals surface area contributed by atoms with Crippen LogP contribution in [-0.4, -0.2) is 41.3 Å². The molecular formula is C12H24N2O4. The summed E-state index contributed by atoms with van der Waals surface area (Å²) in [5.41, 5.74) is 5.49. The Kier molecular flexibility index (Phi) is 6.86. The Bertz CT molecular complexity index is 286. The topological polar surface area (TPSA) is 113 Å². The van der Waals surface area contributed by atoms with Gasteiger partial charge in [0.25, 0.3) is 0 Å². The molecule has 0 aliphatic carbocycles. The highest BCUT2D eigenvalue weighted by Gasteiger charge is 2.27. The second-order valence-corrected chi connectivity index (χ2v) is 5.61. The van der Waals surface area contributed by atoms with Crippen molar-refractivity contribution in [3.05, 3.63) is 0 Å². The molecule has 0 radical (unpaired) electrons. The maximum absolute atomic E-state index is 11.9. The van der Waals surface area contributed by atoms with E-state index in [1.54, 1.807) is 0 Å². The summed E-state index contributed by atoms with van der Waals surface area (Å²) in [6, 6.07) is -1.06. The summed E-state index contributed by atoms with van der Waals surface area (Å²) in [5.74, 6) is -1.93. The van der Waals surface area contributed by atoms with E-state index in [0.29, 0.717) is 6.42 Å². The lowest BCUT2D eigenvalue weighted by atomic mass is 9.84. The number of aliphatic carboxylic acids is 1. The number of carbonyl (C=O) groups excluding carboxylic acids is 1. The molecule has 0 saturated carbocycles. The van der Waals surface area contributed by atoms with E-state index < -0.39 is 17.9 Å². The molecule has 6 nitrogen and oxygen atoms in total. The van der Waals surface area contributed by atoms with Gasteiger partial charge in [0.15, 0.2) is 0 Å². The number of amides is 1. The van der Waals surface area contributed by atoms with Crippen LogP contribution in [0.3, 0.4) is 0 Å². The first kappa shape index (κ1) is 16.9. The molecular weight excluding hydrogens is 236 g/mol. The highest BCUT2D eigenvalue weighted by atomic mass is 16.4. The van der Waals surface area contributed by atoms with Crippen molar-refractivity contribution in [1.82, 2.24) is 5.32 Å². The number of carboxylic acid groups (broad SMARTS) is 1. The van der Waals surface area contributed by atoms with Gasteiger partial charge in [-0.1, -0.05) is 20.8 Å². The van der Waals surface area contributed by atoms with Crippen LogP contribution in [0.15, 0.2) is 0 Å². The molecule has 0 aromatic heterocycles. The summed E-state index contributed by atoms with van der Waals surface area (Å²) in [6.07, 6.45) is 0.578. The van der Waals surface area contributed by atoms with E-state index in [1.807, 2.05) is 20.8 Å². The van der Waals surface area contributed by atoms with E-state index in [2.05, 4.69) is 5.32 Å². The molecule has 0 aliphatic heterocycles. The maximum Gasteiger partial charge on any atom is 0.326 e. The third-order valence-electron chi connectivity index (χ3n) is 2.55. The number of aliphatic hydroxyl groups is 1. The molecule has 1 amide bonds. The van der Waals surface area contributed by atoms with Gasteiger partial charge in [-0.25, -0.2) is 4.79 Å². The third kappa shape index (κ3) is 6.56. The van der Waals surface area contributed by atoms with Crippen molar-refractivity contribution in [2.24, 2.45) is 17.1 Å². The van der Waals surface area contributed by atoms with Crippen LogP contribution in [0.2, 0.25) is 0 Å². The van der Waals surface area contributed by atoms with Gasteiger partial charge < -0.3 is 21.3 Å². The first-order chi connectivity index (χ1) is 8.21. The lowest BCUT2D eigenvalue weighted by molar-refractivity contribution is -0.143. The van der Waals surface area contributed by atoms with E-state index in [9.17, 15) is 9.59 Å². The maximum atomic E-state index is 11.9. The Morgan fingerprint density at radius 2 is 1.89 bits per heavy atom. The summed E-state index contributed by atoms with van der Waals surface area (Å²) >= 11 is 0. The van der Waals surface area contributed by atoms with Crippen molar-refractivity contribution in [2.45, 2.75) is 39.7 Å². The number of nitrogens with two attached hydrogens (primary N) is 1. The molecule has 1 unspecified atom stereocenters. The minimum atomic E-state index is -1.15. The van der Waals surface area contributed by atoms with Gasteiger partial charge in [-0.2, -0.15) is 0 Å². The van der Waals surface area contributed by atoms with Gasteiger partial charge in [0.2, 0.25) is 5.91 Å². The predicted molar refractivity (Wildman–Crippen MR) is 67.9 cm³/mol. The van der Waals surface area contributed by atoms with Crippen molar-refractivity contribution in [2.75, 3.05) is 13.2 Å². The minimum Gasteiger partial charge on any atom is -0.480 e. The molecule has 0 spiro atoms. The number of hydrogen-bond donors (Lipinski definition) is 4. The summed E-state index contributed by atoms with van der Waals surface area (Å²) in [6.45, 7) is 5.86. The van der Waals surface area contributed by atoms with Crippen LogP contribution in [0.5, 0.6) is 0 Å². The van der Waals surface area contributed by atoms with Crippen molar-refractivity contribution < 1.29 is 19.8 Å². The fraction of sp³-hybridized carbons (Fsp3) is 0.833. The normalized spacial score (nSPS) is 14.9. The third-order valence-corrected chi connectivity index (χ3v) is 2.55. The van der Waals surface area contributed by atoms with Gasteiger partial charge in [-0.05, 0) is 11.8 Å². The molecule has 18 heavy (non-hydrogen) atoms. The first-order valence-corrected chi connectivity index (χ1v) is 6.05. The number of nitrogens with one attached hydrogen (secondary N) is 1. The van der Waals surface area contributed by atoms with Crippen molar-refractivity contribution in [3.8, 4) is 0 Å². The molecule has 0 bridgehead atoms. The zero-order valence-electron chi connectivity index (χ0n) is 11.3. The Labute approximate surface area is 108 Å². The van der Waals surface area contributed by atoms with Gasteiger partial charge in [0, 0.05) is 19.6 Å². The van der Waals surface area contributed by atoms with Gasteiger partial charge in [-0.3, -0.25) is 4.79 Å². The van der Waals surface area contributed by atoms with Crippen LogP contribution in [0, 0.1) is 11.3 Å². The monoisotopic (exact) mass is 260 g/mol. The van der Waals surface area contributed by atoms with Gasteiger partial charge >= 0.3 is 5.97 Å². The lowest BCUT2D eigenvalue weighted by Crippen LogP contribution is -2.46. The zero-order chi connectivity index (χ0) is 14.3. The summed E-state index contributed by atoms with van der Waals surface area (Å²) in [7, 11) is 0. The molecule has 0 aliphatic rings. The quantitative estimate of drug-likeness (QED) is 0.512. The number of aliphatic hydroxyl groups excluding tert-OH is 1. The number of carbonyl (C=O) groups is 2. The fourth-order valence-corrected chi connectivity index (χ4v) is 1.70. The molecule has 0 aromatic rings. The first-order valence-electron chi connectivity index (χ1n) is 6.05. The molecule has 6 heteroatoms. The van der Waals surface area contributed by atoms with Gasteiger partial charge in [0.1, 0.15) is 6.04 Å². The Balaban J connectivity index is 4.55. The predicted octanol–water partition coefficient (Wildman–Crippen LogP) is -0.0507. The Hall–Kier alpha value is -1.14. The van der Waals surface area contributed by atoms with Crippen LogP contribution < -0.4 is 11.1 Å². The molecule has 106 valence electrons. The molecule has 0 aromatic carbocycles. The molecule has 0 fully saturated rings. The largest absolute Gasteiger partial charge is 0.480 e. The second-order valence-electron chi connectivity index (χ2n) is 5.61. The highest BCUT2D eigenvalue weighted by molar-refractivity contribution is 5.85. The van der Waals surface area contributed by atoms with Gasteiger partial charge in [0.05, 0.1) is 5.92 Å². The second kappa shape index (κ2) is 7.33. The summed E-state index contributed by atoms with van der Waals surface area (Å²) in [4.78, 5) is 22.8. The van der Waals surface area contributed by atoms with Crippen LogP contribution in [0.1, 0.15) is 33.6 Å². The van der Waals surface area contributed by atoms with E-state index in [-0.39, 0.29) is 30.9 Å². The van der Waals surface area contributed by atoms with Crippen LogP contribution in [-0.2, 0) is 9.59 Å². The number of hydrogen-bond acceptors (Lipinski definition) is 4. The van der Waals surface area contributed by atoms with E-state index in [0.717, 1.165) is 0 Å². The van der Waals surface area contributed by atoms with Crippen LogP contribution in [0.4, 0.5) is 0 Å². The van der Waals surface area contributed by atoms with Gasteiger partial charge in [-0.15, -0.1) is 0 Å². The average Bonchev–Trinajstić information content (AvgIpc) is 2.23.